The largest absolute Gasteiger partial charge is 0.471 e. The summed E-state index contributed by atoms with van der Waals surface area (Å²) in [6, 6.07) is 18.2. The number of anilines is 2. The van der Waals surface area contributed by atoms with E-state index in [2.05, 4.69) is 5.32 Å². The Morgan fingerprint density at radius 1 is 0.970 bits per heavy atom. The highest BCUT2D eigenvalue weighted by atomic mass is 32.1. The predicted molar refractivity (Wildman–Crippen MR) is 121 cm³/mol. The first-order valence-corrected chi connectivity index (χ1v) is 11.3. The minimum Gasteiger partial charge on any atom is -0.357 e. The van der Waals surface area contributed by atoms with Crippen LogP contribution in [-0.4, -0.2) is 17.9 Å². The summed E-state index contributed by atoms with van der Waals surface area (Å²) in [7, 11) is 0. The zero-order valence-electron chi connectivity index (χ0n) is 17.3. The Kier molecular flexibility index (Phi) is 5.32. The summed E-state index contributed by atoms with van der Waals surface area (Å²) in [6.45, 7) is 0. The summed E-state index contributed by atoms with van der Waals surface area (Å²) in [4.78, 5) is 27.5. The number of ketones is 1. The van der Waals surface area contributed by atoms with Gasteiger partial charge in [-0.05, 0) is 41.5 Å². The molecule has 0 radical (unpaired) electrons. The van der Waals surface area contributed by atoms with E-state index >= 15 is 0 Å². The van der Waals surface area contributed by atoms with Crippen molar-refractivity contribution in [3.05, 3.63) is 93.8 Å². The molecule has 1 aromatic heterocycles. The van der Waals surface area contributed by atoms with Gasteiger partial charge >= 0.3 is 12.1 Å². The molecule has 2 aliphatic rings. The molecule has 8 heteroatoms. The van der Waals surface area contributed by atoms with E-state index < -0.39 is 18.1 Å². The molecule has 4 nitrogen and oxygen atoms in total. The molecule has 2 aromatic carbocycles. The number of thiophene rings is 1. The van der Waals surface area contributed by atoms with Crippen LogP contribution in [0.25, 0.3) is 0 Å². The van der Waals surface area contributed by atoms with Crippen molar-refractivity contribution in [1.29, 1.82) is 0 Å². The average molecular weight is 469 g/mol. The number of alkyl halides is 3. The number of halogens is 3. The number of carbonyl (C=O) groups is 2. The van der Waals surface area contributed by atoms with Crippen LogP contribution >= 0.6 is 11.3 Å². The Hall–Kier alpha value is -3.39. The summed E-state index contributed by atoms with van der Waals surface area (Å²) in [6.07, 6.45) is -4.48. The molecule has 1 aliphatic carbocycles. The molecule has 1 aliphatic heterocycles. The molecule has 1 N–H and O–H groups in total. The highest BCUT2D eigenvalue weighted by Gasteiger charge is 2.50. The van der Waals surface area contributed by atoms with Gasteiger partial charge in [0.05, 0.1) is 11.4 Å². The quantitative estimate of drug-likeness (QED) is 0.486. The zero-order chi connectivity index (χ0) is 23.2. The second-order valence-corrected chi connectivity index (χ2v) is 9.04. The first-order valence-electron chi connectivity index (χ1n) is 10.5. The highest BCUT2D eigenvalue weighted by molar-refractivity contribution is 7.10. The van der Waals surface area contributed by atoms with Crippen LogP contribution in [0.5, 0.6) is 0 Å². The molecule has 0 spiro atoms. The summed E-state index contributed by atoms with van der Waals surface area (Å²) in [5.41, 5.74) is 2.23. The van der Waals surface area contributed by atoms with Crippen LogP contribution in [0, 0.1) is 0 Å². The molecule has 0 saturated carbocycles. The molecule has 2 heterocycles. The lowest BCUT2D eigenvalue weighted by Gasteiger charge is -2.34. The number of benzene rings is 2. The third kappa shape index (κ3) is 3.84. The van der Waals surface area contributed by atoms with Crippen LogP contribution in [0.4, 0.5) is 24.5 Å². The van der Waals surface area contributed by atoms with Crippen molar-refractivity contribution in [1.82, 2.24) is 0 Å². The lowest BCUT2D eigenvalue weighted by molar-refractivity contribution is -0.170. The molecule has 0 bridgehead atoms. The topological polar surface area (TPSA) is 49.4 Å². The van der Waals surface area contributed by atoms with E-state index in [1.165, 1.54) is 17.4 Å². The van der Waals surface area contributed by atoms with Gasteiger partial charge in [0.25, 0.3) is 0 Å². The lowest BCUT2D eigenvalue weighted by atomic mass is 9.79. The van der Waals surface area contributed by atoms with Crippen molar-refractivity contribution in [3.8, 4) is 0 Å². The molecule has 1 amide bonds. The molecule has 2 atom stereocenters. The van der Waals surface area contributed by atoms with E-state index in [4.69, 9.17) is 0 Å². The molecular formula is C25H19F3N2O2S. The van der Waals surface area contributed by atoms with Gasteiger partial charge < -0.3 is 5.32 Å². The van der Waals surface area contributed by atoms with Crippen molar-refractivity contribution in [2.75, 3.05) is 10.2 Å². The maximum absolute atomic E-state index is 13.8. The van der Waals surface area contributed by atoms with Crippen molar-refractivity contribution < 1.29 is 22.8 Å². The molecule has 0 fully saturated rings. The second-order valence-electron chi connectivity index (χ2n) is 8.06. The monoisotopic (exact) mass is 468 g/mol. The number of allylic oxidation sites excluding steroid dienone is 1. The predicted octanol–water partition coefficient (Wildman–Crippen LogP) is 6.21. The SMILES string of the molecule is O=C1C[C@H](c2ccccc2)CC2=C1[C@@H](c1cccs1)N(C(=O)C(F)(F)F)c1ccccc1N2. The third-order valence-electron chi connectivity index (χ3n) is 6.03. The van der Waals surface area contributed by atoms with E-state index in [9.17, 15) is 22.8 Å². The Morgan fingerprint density at radius 3 is 2.39 bits per heavy atom. The molecular weight excluding hydrogens is 449 g/mol. The lowest BCUT2D eigenvalue weighted by Crippen LogP contribution is -2.45. The number of carbonyl (C=O) groups excluding carboxylic acids is 2. The third-order valence-corrected chi connectivity index (χ3v) is 6.96. The smallest absolute Gasteiger partial charge is 0.357 e. The fraction of sp³-hybridized carbons (Fsp3) is 0.200. The van der Waals surface area contributed by atoms with Crippen molar-refractivity contribution in [3.63, 3.8) is 0 Å². The average Bonchev–Trinajstić information content (AvgIpc) is 3.28. The number of hydrogen-bond donors (Lipinski definition) is 1. The molecule has 5 rings (SSSR count). The van der Waals surface area contributed by atoms with E-state index in [0.29, 0.717) is 22.7 Å². The number of hydrogen-bond acceptors (Lipinski definition) is 4. The fourth-order valence-corrected chi connectivity index (χ4v) is 5.45. The van der Waals surface area contributed by atoms with Gasteiger partial charge in [0, 0.05) is 22.6 Å². The second kappa shape index (κ2) is 8.19. The normalized spacial score (nSPS) is 20.6. The van der Waals surface area contributed by atoms with Crippen LogP contribution in [0.1, 0.15) is 35.2 Å². The summed E-state index contributed by atoms with van der Waals surface area (Å²) in [5.74, 6) is -2.36. The van der Waals surface area contributed by atoms with Gasteiger partial charge in [-0.25, -0.2) is 0 Å². The van der Waals surface area contributed by atoms with E-state index in [1.807, 2.05) is 30.3 Å². The Morgan fingerprint density at radius 2 is 1.70 bits per heavy atom. The minimum atomic E-state index is -5.10. The standard InChI is InChI=1S/C25H19F3N2O2S/c26-25(27,28)24(32)30-19-10-5-4-9-17(19)29-18-13-16(15-7-2-1-3-8-15)14-20(31)22(18)23(30)21-11-6-12-33-21/h1-12,16,23,29H,13-14H2/t16-,23-/m1/s1. The van der Waals surface area contributed by atoms with Gasteiger partial charge in [-0.2, -0.15) is 13.2 Å². The van der Waals surface area contributed by atoms with Crippen molar-refractivity contribution in [2.45, 2.75) is 31.0 Å². The van der Waals surface area contributed by atoms with Crippen molar-refractivity contribution >= 4 is 34.4 Å². The molecule has 3 aromatic rings. The first kappa shape index (κ1) is 21.5. The number of para-hydroxylation sites is 2. The highest BCUT2D eigenvalue weighted by Crippen LogP contribution is 2.49. The number of nitrogens with zero attached hydrogens (tertiary/aromatic N) is 1. The van der Waals surface area contributed by atoms with Crippen molar-refractivity contribution in [2.24, 2.45) is 0 Å². The van der Waals surface area contributed by atoms with Gasteiger partial charge in [-0.15, -0.1) is 11.3 Å². The number of nitrogens with one attached hydrogen (secondary N) is 1. The van der Waals surface area contributed by atoms with Crippen LogP contribution in [0.15, 0.2) is 83.4 Å². The number of Topliss-reactive ketones (excluding diaryl/α,β-unsaturated/α-hetero) is 1. The van der Waals surface area contributed by atoms with Crippen LogP contribution in [0.3, 0.4) is 0 Å². The molecule has 0 unspecified atom stereocenters. The van der Waals surface area contributed by atoms with E-state index in [0.717, 1.165) is 10.5 Å². The first-order chi connectivity index (χ1) is 15.8. The number of amides is 1. The van der Waals surface area contributed by atoms with E-state index in [1.54, 1.807) is 35.7 Å². The summed E-state index contributed by atoms with van der Waals surface area (Å²) >= 11 is 1.22. The van der Waals surface area contributed by atoms with Gasteiger partial charge in [0.1, 0.15) is 6.04 Å². The zero-order valence-corrected chi connectivity index (χ0v) is 18.1. The number of fused-ring (bicyclic) bond motifs is 1. The van der Waals surface area contributed by atoms with Crippen LogP contribution in [0.2, 0.25) is 0 Å². The van der Waals surface area contributed by atoms with Crippen LogP contribution < -0.4 is 10.2 Å². The van der Waals surface area contributed by atoms with Gasteiger partial charge in [-0.1, -0.05) is 48.5 Å². The van der Waals surface area contributed by atoms with E-state index in [-0.39, 0.29) is 29.4 Å². The maximum Gasteiger partial charge on any atom is 0.471 e. The minimum absolute atomic E-state index is 0.0942. The Labute approximate surface area is 192 Å². The molecule has 33 heavy (non-hydrogen) atoms. The van der Waals surface area contributed by atoms with Gasteiger partial charge in [-0.3, -0.25) is 14.5 Å². The Balaban J connectivity index is 1.72. The fourth-order valence-electron chi connectivity index (χ4n) is 4.63. The van der Waals surface area contributed by atoms with Crippen LogP contribution in [-0.2, 0) is 9.59 Å². The maximum atomic E-state index is 13.8. The Bertz CT molecular complexity index is 1240. The molecule has 168 valence electrons. The summed E-state index contributed by atoms with van der Waals surface area (Å²) in [5, 5.41) is 4.95. The van der Waals surface area contributed by atoms with Gasteiger partial charge in [0.15, 0.2) is 5.78 Å². The number of rotatable bonds is 2. The molecule has 0 saturated heterocycles. The summed E-state index contributed by atoms with van der Waals surface area (Å²) < 4.78 is 41.3. The van der Waals surface area contributed by atoms with Gasteiger partial charge in [0.2, 0.25) is 0 Å².